The molecule has 0 radical (unpaired) electrons. The Labute approximate surface area is 177 Å². The highest BCUT2D eigenvalue weighted by Gasteiger charge is 2.27. The molecule has 0 unspecified atom stereocenters. The van der Waals surface area contributed by atoms with E-state index in [1.165, 1.54) is 31.4 Å². The summed E-state index contributed by atoms with van der Waals surface area (Å²) in [5, 5.41) is 10.8. The average molecular weight is 415 g/mol. The quantitative estimate of drug-likeness (QED) is 0.695. The van der Waals surface area contributed by atoms with E-state index >= 15 is 0 Å². The zero-order chi connectivity index (χ0) is 20.8. The number of aromatic amines is 1. The molecule has 4 rings (SSSR count). The number of ether oxygens (including phenoxy) is 1. The van der Waals surface area contributed by atoms with Crippen LogP contribution in [0.25, 0.3) is 0 Å². The molecule has 1 aromatic heterocycles. The number of H-pyrrole nitrogens is 1. The standard InChI is InChI=1S/C23H31FN4O2/c24-18-6-8-21(9-7-18)30-13-11-20-14-22(27-26-20)17-10-12-28(15-17)16-23(29)25-19-4-2-1-3-5-19/h6-9,14,17,19H,1-5,10-13,15-16H2,(H,25,29)(H,26,27)/t17-/m1/s1. The van der Waals surface area contributed by atoms with Gasteiger partial charge in [-0.2, -0.15) is 5.10 Å². The third-order valence-electron chi connectivity index (χ3n) is 6.13. The molecular weight excluding hydrogens is 383 g/mol. The van der Waals surface area contributed by atoms with Crippen molar-refractivity contribution in [2.45, 2.75) is 56.9 Å². The summed E-state index contributed by atoms with van der Waals surface area (Å²) in [4.78, 5) is 14.6. The zero-order valence-electron chi connectivity index (χ0n) is 17.4. The lowest BCUT2D eigenvalue weighted by atomic mass is 9.95. The number of likely N-dealkylation sites (tertiary alicyclic amines) is 1. The predicted molar refractivity (Wildman–Crippen MR) is 113 cm³/mol. The molecule has 7 heteroatoms. The van der Waals surface area contributed by atoms with Crippen LogP contribution in [0.2, 0.25) is 0 Å². The van der Waals surface area contributed by atoms with Crippen LogP contribution < -0.4 is 10.1 Å². The van der Waals surface area contributed by atoms with Crippen molar-refractivity contribution in [2.24, 2.45) is 0 Å². The topological polar surface area (TPSA) is 70.2 Å². The molecule has 0 spiro atoms. The first-order valence-corrected chi connectivity index (χ1v) is 11.1. The lowest BCUT2D eigenvalue weighted by Crippen LogP contribution is -2.42. The molecule has 1 aliphatic carbocycles. The summed E-state index contributed by atoms with van der Waals surface area (Å²) in [6.45, 7) is 2.79. The molecule has 1 saturated heterocycles. The van der Waals surface area contributed by atoms with E-state index in [4.69, 9.17) is 4.74 Å². The second-order valence-electron chi connectivity index (χ2n) is 8.49. The van der Waals surface area contributed by atoms with Gasteiger partial charge in [0.1, 0.15) is 11.6 Å². The van der Waals surface area contributed by atoms with Crippen molar-refractivity contribution in [1.29, 1.82) is 0 Å². The Bertz CT molecular complexity index is 817. The van der Waals surface area contributed by atoms with Gasteiger partial charge >= 0.3 is 0 Å². The van der Waals surface area contributed by atoms with Crippen molar-refractivity contribution in [3.63, 3.8) is 0 Å². The molecule has 1 amide bonds. The van der Waals surface area contributed by atoms with Crippen LogP contribution in [0.4, 0.5) is 4.39 Å². The number of amides is 1. The summed E-state index contributed by atoms with van der Waals surface area (Å²) in [6, 6.07) is 8.52. The van der Waals surface area contributed by atoms with E-state index in [0.29, 0.717) is 37.3 Å². The van der Waals surface area contributed by atoms with Crippen molar-refractivity contribution in [3.8, 4) is 5.75 Å². The highest BCUT2D eigenvalue weighted by atomic mass is 19.1. The first-order chi connectivity index (χ1) is 14.7. The highest BCUT2D eigenvalue weighted by molar-refractivity contribution is 5.78. The van der Waals surface area contributed by atoms with Crippen molar-refractivity contribution >= 4 is 5.91 Å². The van der Waals surface area contributed by atoms with E-state index in [1.807, 2.05) is 0 Å². The molecule has 1 saturated carbocycles. The number of carbonyl (C=O) groups is 1. The summed E-state index contributed by atoms with van der Waals surface area (Å²) in [5.74, 6) is 0.908. The van der Waals surface area contributed by atoms with Crippen molar-refractivity contribution < 1.29 is 13.9 Å². The molecule has 2 N–H and O–H groups in total. The SMILES string of the molecule is O=C(CN1CC[C@@H](c2cc(CCOc3ccc(F)cc3)[nH]n2)C1)NC1CCCCC1. The van der Waals surface area contributed by atoms with Crippen LogP contribution in [0.5, 0.6) is 5.75 Å². The molecule has 162 valence electrons. The third kappa shape index (κ3) is 5.81. The van der Waals surface area contributed by atoms with Gasteiger partial charge in [-0.25, -0.2) is 4.39 Å². The summed E-state index contributed by atoms with van der Waals surface area (Å²) in [5.41, 5.74) is 2.09. The molecule has 2 aromatic rings. The van der Waals surface area contributed by atoms with Gasteiger partial charge in [0.15, 0.2) is 0 Å². The second-order valence-corrected chi connectivity index (χ2v) is 8.49. The lowest BCUT2D eigenvalue weighted by molar-refractivity contribution is -0.122. The Hall–Kier alpha value is -2.41. The van der Waals surface area contributed by atoms with Gasteiger partial charge in [-0.15, -0.1) is 0 Å². The number of aromatic nitrogens is 2. The molecule has 1 aromatic carbocycles. The fourth-order valence-electron chi connectivity index (χ4n) is 4.47. The smallest absolute Gasteiger partial charge is 0.234 e. The minimum absolute atomic E-state index is 0.156. The van der Waals surface area contributed by atoms with E-state index in [2.05, 4.69) is 26.5 Å². The number of nitrogens with one attached hydrogen (secondary N) is 2. The fraction of sp³-hybridized carbons (Fsp3) is 0.565. The lowest BCUT2D eigenvalue weighted by Gasteiger charge is -2.24. The Kier molecular flexibility index (Phi) is 7.00. The zero-order valence-corrected chi connectivity index (χ0v) is 17.4. The normalized spacial score (nSPS) is 20.4. The van der Waals surface area contributed by atoms with Crippen LogP contribution >= 0.6 is 0 Å². The maximum absolute atomic E-state index is 12.9. The maximum atomic E-state index is 12.9. The monoisotopic (exact) mass is 414 g/mol. The van der Waals surface area contributed by atoms with Crippen LogP contribution in [0, 0.1) is 5.82 Å². The summed E-state index contributed by atoms with van der Waals surface area (Å²) < 4.78 is 18.6. The van der Waals surface area contributed by atoms with Crippen molar-refractivity contribution in [3.05, 3.63) is 47.5 Å². The number of halogens is 1. The van der Waals surface area contributed by atoms with Crippen LogP contribution in [0.15, 0.2) is 30.3 Å². The number of hydrogen-bond donors (Lipinski definition) is 2. The maximum Gasteiger partial charge on any atom is 0.234 e. The van der Waals surface area contributed by atoms with Gasteiger partial charge in [0.2, 0.25) is 5.91 Å². The number of rotatable bonds is 8. The summed E-state index contributed by atoms with van der Waals surface area (Å²) in [7, 11) is 0. The average Bonchev–Trinajstić information content (AvgIpc) is 3.40. The Balaban J connectivity index is 1.19. The molecule has 1 aliphatic heterocycles. The van der Waals surface area contributed by atoms with E-state index in [-0.39, 0.29) is 11.7 Å². The molecule has 2 fully saturated rings. The number of nitrogens with zero attached hydrogens (tertiary/aromatic N) is 2. The Morgan fingerprint density at radius 2 is 2.00 bits per heavy atom. The van der Waals surface area contributed by atoms with Gasteiger partial charge in [-0.05, 0) is 56.1 Å². The Morgan fingerprint density at radius 1 is 1.20 bits per heavy atom. The van der Waals surface area contributed by atoms with Crippen molar-refractivity contribution in [1.82, 2.24) is 20.4 Å². The fourth-order valence-corrected chi connectivity index (χ4v) is 4.47. The number of carbonyl (C=O) groups excluding carboxylic acids is 1. The first-order valence-electron chi connectivity index (χ1n) is 11.1. The second kappa shape index (κ2) is 10.1. The van der Waals surface area contributed by atoms with Crippen LogP contribution in [-0.2, 0) is 11.2 Å². The van der Waals surface area contributed by atoms with E-state index < -0.39 is 0 Å². The molecule has 2 heterocycles. The van der Waals surface area contributed by atoms with Crippen molar-refractivity contribution in [2.75, 3.05) is 26.2 Å². The van der Waals surface area contributed by atoms with Gasteiger partial charge in [0, 0.05) is 30.6 Å². The van der Waals surface area contributed by atoms with Gasteiger partial charge in [0.25, 0.3) is 0 Å². The van der Waals surface area contributed by atoms with Gasteiger partial charge < -0.3 is 10.1 Å². The van der Waals surface area contributed by atoms with Gasteiger partial charge in [-0.1, -0.05) is 19.3 Å². The largest absolute Gasteiger partial charge is 0.493 e. The summed E-state index contributed by atoms with van der Waals surface area (Å²) in [6.07, 6.45) is 7.73. The predicted octanol–water partition coefficient (Wildman–Crippen LogP) is 3.41. The van der Waals surface area contributed by atoms with Crippen LogP contribution in [0.1, 0.15) is 55.8 Å². The van der Waals surface area contributed by atoms with E-state index in [1.54, 1.807) is 12.1 Å². The first kappa shape index (κ1) is 20.8. The third-order valence-corrected chi connectivity index (χ3v) is 6.13. The Morgan fingerprint density at radius 3 is 2.80 bits per heavy atom. The summed E-state index contributed by atoms with van der Waals surface area (Å²) >= 11 is 0. The minimum atomic E-state index is -0.266. The molecule has 1 atom stereocenters. The number of hydrogen-bond acceptors (Lipinski definition) is 4. The minimum Gasteiger partial charge on any atom is -0.493 e. The van der Waals surface area contributed by atoms with Crippen LogP contribution in [-0.4, -0.2) is 53.3 Å². The molecular formula is C23H31FN4O2. The highest BCUT2D eigenvalue weighted by Crippen LogP contribution is 2.26. The molecule has 6 nitrogen and oxygen atoms in total. The van der Waals surface area contributed by atoms with Gasteiger partial charge in [0.05, 0.1) is 18.8 Å². The molecule has 30 heavy (non-hydrogen) atoms. The number of benzene rings is 1. The van der Waals surface area contributed by atoms with E-state index in [0.717, 1.165) is 43.7 Å². The van der Waals surface area contributed by atoms with E-state index in [9.17, 15) is 9.18 Å². The van der Waals surface area contributed by atoms with Gasteiger partial charge in [-0.3, -0.25) is 14.8 Å². The molecule has 2 aliphatic rings. The molecule has 0 bridgehead atoms. The van der Waals surface area contributed by atoms with Crippen LogP contribution in [0.3, 0.4) is 0 Å².